The summed E-state index contributed by atoms with van der Waals surface area (Å²) in [6.07, 6.45) is -0.503. The van der Waals surface area contributed by atoms with Gasteiger partial charge in [0, 0.05) is 18.1 Å². The number of hydrogen-bond donors (Lipinski definition) is 0. The first-order valence-electron chi connectivity index (χ1n) is 8.79. The lowest BCUT2D eigenvalue weighted by atomic mass is 10.2. The molecule has 28 heavy (non-hydrogen) atoms. The summed E-state index contributed by atoms with van der Waals surface area (Å²) in [6, 6.07) is 1.65. The van der Waals surface area contributed by atoms with E-state index in [2.05, 4.69) is 10.1 Å². The van der Waals surface area contributed by atoms with E-state index >= 15 is 0 Å². The average Bonchev–Trinajstić information content (AvgIpc) is 2.47. The number of aromatic nitrogens is 3. The maximum atomic E-state index is 12.9. The summed E-state index contributed by atoms with van der Waals surface area (Å²) >= 11 is 0. The van der Waals surface area contributed by atoms with Crippen molar-refractivity contribution >= 4 is 28.8 Å². The van der Waals surface area contributed by atoms with Crippen LogP contribution in [0.2, 0.25) is 0 Å². The Balaban J connectivity index is 2.76. The monoisotopic (exact) mass is 390 g/mol. The van der Waals surface area contributed by atoms with Crippen molar-refractivity contribution in [2.45, 2.75) is 59.7 Å². The van der Waals surface area contributed by atoms with E-state index in [1.54, 1.807) is 54.5 Å². The molecular weight excluding hydrogens is 364 g/mol. The second-order valence-corrected chi connectivity index (χ2v) is 8.42. The molecule has 0 atom stereocenters. The molecule has 0 unspecified atom stereocenters. The molecule has 2 rings (SSSR count). The third-order valence-electron chi connectivity index (χ3n) is 3.40. The highest BCUT2D eigenvalue weighted by Crippen LogP contribution is 2.26. The summed E-state index contributed by atoms with van der Waals surface area (Å²) in [5, 5.41) is 4.50. The van der Waals surface area contributed by atoms with Crippen molar-refractivity contribution in [2.24, 2.45) is 7.05 Å². The van der Waals surface area contributed by atoms with Crippen LogP contribution >= 0.6 is 0 Å². The van der Waals surface area contributed by atoms with Gasteiger partial charge in [-0.1, -0.05) is 0 Å². The minimum Gasteiger partial charge on any atom is -0.443 e. The zero-order valence-corrected chi connectivity index (χ0v) is 17.5. The standard InChI is InChI=1S/C19H26N4O5/c1-11-9-12-10-20-22(8)15(24)13(12)14(21-11)23(16(25)27-18(2,3)4)17(26)28-19(5,6)7/h9-10H,1-8H3. The number of amides is 2. The van der Waals surface area contributed by atoms with E-state index in [1.165, 1.54) is 13.2 Å². The first kappa shape index (κ1) is 21.3. The summed E-state index contributed by atoms with van der Waals surface area (Å²) in [5.41, 5.74) is -1.75. The van der Waals surface area contributed by atoms with Gasteiger partial charge < -0.3 is 9.47 Å². The van der Waals surface area contributed by atoms with Gasteiger partial charge in [0.25, 0.3) is 5.56 Å². The van der Waals surface area contributed by atoms with Gasteiger partial charge in [-0.2, -0.15) is 10.00 Å². The van der Waals surface area contributed by atoms with E-state index in [0.29, 0.717) is 16.0 Å². The molecular formula is C19H26N4O5. The molecule has 0 aliphatic rings. The van der Waals surface area contributed by atoms with Gasteiger partial charge in [0.15, 0.2) is 5.82 Å². The molecule has 0 aromatic carbocycles. The largest absolute Gasteiger partial charge is 0.443 e. The Kier molecular flexibility index (Phi) is 5.50. The Morgan fingerprint density at radius 1 is 1.04 bits per heavy atom. The number of carbonyl (C=O) groups excluding carboxylic acids is 2. The quantitative estimate of drug-likeness (QED) is 0.736. The first-order chi connectivity index (χ1) is 12.7. The third kappa shape index (κ3) is 4.85. The number of rotatable bonds is 1. The molecule has 0 spiro atoms. The van der Waals surface area contributed by atoms with Crippen molar-refractivity contribution in [3.8, 4) is 0 Å². The molecule has 0 aliphatic carbocycles. The molecule has 0 fully saturated rings. The number of imide groups is 1. The zero-order chi connectivity index (χ0) is 21.4. The fourth-order valence-electron chi connectivity index (χ4n) is 2.39. The number of anilines is 1. The number of carbonyl (C=O) groups is 2. The topological polar surface area (TPSA) is 104 Å². The SMILES string of the molecule is Cc1cc2cnn(C)c(=O)c2c(N(C(=O)OC(C)(C)C)C(=O)OC(C)(C)C)n1. The van der Waals surface area contributed by atoms with E-state index in [1.807, 2.05) is 0 Å². The summed E-state index contributed by atoms with van der Waals surface area (Å²) in [5.74, 6) is -0.151. The zero-order valence-electron chi connectivity index (χ0n) is 17.5. The summed E-state index contributed by atoms with van der Waals surface area (Å²) in [4.78, 5) is 43.4. The molecule has 2 aromatic rings. The fourth-order valence-corrected chi connectivity index (χ4v) is 2.39. The van der Waals surface area contributed by atoms with Crippen LogP contribution in [0.15, 0.2) is 17.1 Å². The third-order valence-corrected chi connectivity index (χ3v) is 3.40. The van der Waals surface area contributed by atoms with Gasteiger partial charge in [-0.25, -0.2) is 19.3 Å². The Hall–Kier alpha value is -2.97. The number of fused-ring (bicyclic) bond motifs is 1. The Bertz CT molecular complexity index is 955. The normalized spacial score (nSPS) is 12.0. The van der Waals surface area contributed by atoms with Crippen LogP contribution in [0.4, 0.5) is 15.4 Å². The van der Waals surface area contributed by atoms with Crippen molar-refractivity contribution in [3.63, 3.8) is 0 Å². The fraction of sp³-hybridized carbons (Fsp3) is 0.526. The van der Waals surface area contributed by atoms with Gasteiger partial charge in [-0.3, -0.25) is 4.79 Å². The Labute approximate surface area is 163 Å². The lowest BCUT2D eigenvalue weighted by molar-refractivity contribution is 0.0429. The van der Waals surface area contributed by atoms with Crippen LogP contribution in [0, 0.1) is 6.92 Å². The highest BCUT2D eigenvalue weighted by atomic mass is 16.6. The van der Waals surface area contributed by atoms with Crippen molar-refractivity contribution in [1.82, 2.24) is 14.8 Å². The Morgan fingerprint density at radius 3 is 2.00 bits per heavy atom. The second-order valence-electron chi connectivity index (χ2n) is 8.42. The maximum Gasteiger partial charge on any atom is 0.425 e. The van der Waals surface area contributed by atoms with Gasteiger partial charge >= 0.3 is 12.2 Å². The van der Waals surface area contributed by atoms with Crippen molar-refractivity contribution in [2.75, 3.05) is 4.90 Å². The molecule has 0 aliphatic heterocycles. The predicted octanol–water partition coefficient (Wildman–Crippen LogP) is 3.31. The molecule has 0 bridgehead atoms. The van der Waals surface area contributed by atoms with Crippen molar-refractivity contribution in [1.29, 1.82) is 0 Å². The van der Waals surface area contributed by atoms with Crippen molar-refractivity contribution in [3.05, 3.63) is 28.3 Å². The molecule has 0 N–H and O–H groups in total. The molecule has 2 amide bonds. The number of nitrogens with zero attached hydrogens (tertiary/aromatic N) is 4. The molecule has 0 radical (unpaired) electrons. The minimum absolute atomic E-state index is 0.0693. The second kappa shape index (κ2) is 7.21. The van der Waals surface area contributed by atoms with Crippen LogP contribution in [0.3, 0.4) is 0 Å². The van der Waals surface area contributed by atoms with Gasteiger partial charge in [0.2, 0.25) is 0 Å². The van der Waals surface area contributed by atoms with Gasteiger partial charge in [-0.05, 0) is 54.5 Å². The average molecular weight is 390 g/mol. The lowest BCUT2D eigenvalue weighted by Gasteiger charge is -2.28. The summed E-state index contributed by atoms with van der Waals surface area (Å²) < 4.78 is 11.8. The summed E-state index contributed by atoms with van der Waals surface area (Å²) in [7, 11) is 1.47. The van der Waals surface area contributed by atoms with Gasteiger partial charge in [-0.15, -0.1) is 0 Å². The number of aryl methyl sites for hydroxylation is 2. The van der Waals surface area contributed by atoms with Crippen LogP contribution < -0.4 is 10.5 Å². The van der Waals surface area contributed by atoms with Crippen LogP contribution in [-0.2, 0) is 16.5 Å². The van der Waals surface area contributed by atoms with Crippen molar-refractivity contribution < 1.29 is 19.1 Å². The molecule has 2 aromatic heterocycles. The Morgan fingerprint density at radius 2 is 1.54 bits per heavy atom. The highest BCUT2D eigenvalue weighted by Gasteiger charge is 2.35. The predicted molar refractivity (Wildman–Crippen MR) is 104 cm³/mol. The van der Waals surface area contributed by atoms with E-state index in [-0.39, 0.29) is 11.2 Å². The van der Waals surface area contributed by atoms with E-state index < -0.39 is 28.9 Å². The molecule has 9 heteroatoms. The smallest absolute Gasteiger partial charge is 0.425 e. The minimum atomic E-state index is -0.986. The van der Waals surface area contributed by atoms with E-state index in [9.17, 15) is 14.4 Å². The van der Waals surface area contributed by atoms with E-state index in [0.717, 1.165) is 4.68 Å². The lowest BCUT2D eigenvalue weighted by Crippen LogP contribution is -2.44. The number of pyridine rings is 1. The molecule has 152 valence electrons. The van der Waals surface area contributed by atoms with Gasteiger partial charge in [0.05, 0.1) is 11.6 Å². The van der Waals surface area contributed by atoms with E-state index in [4.69, 9.17) is 9.47 Å². The number of ether oxygens (including phenoxy) is 2. The molecule has 2 heterocycles. The number of hydrogen-bond acceptors (Lipinski definition) is 7. The molecule has 0 saturated carbocycles. The van der Waals surface area contributed by atoms with Crippen LogP contribution in [0.1, 0.15) is 47.2 Å². The highest BCUT2D eigenvalue weighted by molar-refractivity contribution is 6.13. The van der Waals surface area contributed by atoms with Crippen LogP contribution in [-0.4, -0.2) is 38.2 Å². The van der Waals surface area contributed by atoms with Crippen LogP contribution in [0.5, 0.6) is 0 Å². The molecule has 0 saturated heterocycles. The summed E-state index contributed by atoms with van der Waals surface area (Å²) in [6.45, 7) is 11.7. The first-order valence-corrected chi connectivity index (χ1v) is 8.79. The van der Waals surface area contributed by atoms with Gasteiger partial charge in [0.1, 0.15) is 11.2 Å². The molecule has 9 nitrogen and oxygen atoms in total. The maximum absolute atomic E-state index is 12.9. The van der Waals surface area contributed by atoms with Crippen LogP contribution in [0.25, 0.3) is 10.8 Å².